The van der Waals surface area contributed by atoms with Gasteiger partial charge in [-0.2, -0.15) is 0 Å². The molecule has 1 aromatic rings. The van der Waals surface area contributed by atoms with Gasteiger partial charge in [-0.25, -0.2) is 12.7 Å². The highest BCUT2D eigenvalue weighted by Gasteiger charge is 2.24. The van der Waals surface area contributed by atoms with Crippen LogP contribution in [-0.4, -0.2) is 63.1 Å². The van der Waals surface area contributed by atoms with Crippen LogP contribution in [0, 0.1) is 5.92 Å². The smallest absolute Gasteiger partial charge is 0.211 e. The molecule has 1 fully saturated rings. The molecule has 0 amide bonds. The fourth-order valence-electron chi connectivity index (χ4n) is 3.05. The second kappa shape index (κ2) is 11.4. The Balaban J connectivity index is 0.00000364. The monoisotopic (exact) mass is 528 g/mol. The van der Waals surface area contributed by atoms with Gasteiger partial charge in [0.25, 0.3) is 0 Å². The van der Waals surface area contributed by atoms with E-state index in [1.165, 1.54) is 11.8 Å². The van der Waals surface area contributed by atoms with Crippen molar-refractivity contribution in [2.24, 2.45) is 10.9 Å². The van der Waals surface area contributed by atoms with Gasteiger partial charge in [-0.3, -0.25) is 4.99 Å². The normalized spacial score (nSPS) is 16.7. The first-order chi connectivity index (χ1) is 12.3. The minimum Gasteiger partial charge on any atom is -0.357 e. The van der Waals surface area contributed by atoms with Crippen molar-refractivity contribution in [3.63, 3.8) is 0 Å². The van der Waals surface area contributed by atoms with Crippen LogP contribution in [0.1, 0.15) is 25.3 Å². The van der Waals surface area contributed by atoms with Crippen molar-refractivity contribution in [2.45, 2.75) is 26.3 Å². The number of guanidine groups is 1. The summed E-state index contributed by atoms with van der Waals surface area (Å²) in [5.41, 5.74) is 1.17. The van der Waals surface area contributed by atoms with Gasteiger partial charge in [-0.1, -0.05) is 23.7 Å². The summed E-state index contributed by atoms with van der Waals surface area (Å²) in [6.45, 7) is 5.50. The van der Waals surface area contributed by atoms with Crippen molar-refractivity contribution < 1.29 is 8.42 Å². The Morgan fingerprint density at radius 3 is 2.41 bits per heavy atom. The molecule has 1 saturated heterocycles. The summed E-state index contributed by atoms with van der Waals surface area (Å²) in [4.78, 5) is 6.87. The van der Waals surface area contributed by atoms with E-state index in [1.807, 2.05) is 31.3 Å². The molecule has 0 spiro atoms. The fourth-order valence-corrected chi connectivity index (χ4v) is 4.05. The van der Waals surface area contributed by atoms with Gasteiger partial charge in [0.2, 0.25) is 10.0 Å². The maximum Gasteiger partial charge on any atom is 0.211 e. The summed E-state index contributed by atoms with van der Waals surface area (Å²) in [6.07, 6.45) is 2.99. The van der Waals surface area contributed by atoms with Crippen LogP contribution >= 0.6 is 35.6 Å². The second-order valence-corrected chi connectivity index (χ2v) is 9.20. The maximum absolute atomic E-state index is 11.6. The molecular formula is C18H30ClIN4O2S. The lowest BCUT2D eigenvalue weighted by atomic mass is 9.98. The van der Waals surface area contributed by atoms with E-state index in [4.69, 9.17) is 16.6 Å². The number of halogens is 2. The van der Waals surface area contributed by atoms with Crippen LogP contribution in [0.25, 0.3) is 0 Å². The van der Waals surface area contributed by atoms with Crippen LogP contribution < -0.4 is 5.32 Å². The van der Waals surface area contributed by atoms with E-state index in [2.05, 4.69) is 17.1 Å². The number of nitrogens with one attached hydrogen (secondary N) is 1. The largest absolute Gasteiger partial charge is 0.357 e. The minimum atomic E-state index is -3.07. The molecule has 0 unspecified atom stereocenters. The molecule has 27 heavy (non-hydrogen) atoms. The number of piperidine rings is 1. The van der Waals surface area contributed by atoms with E-state index in [0.29, 0.717) is 25.6 Å². The highest BCUT2D eigenvalue weighted by molar-refractivity contribution is 14.0. The van der Waals surface area contributed by atoms with E-state index in [-0.39, 0.29) is 24.0 Å². The lowest BCUT2D eigenvalue weighted by Gasteiger charge is -2.30. The molecule has 154 valence electrons. The van der Waals surface area contributed by atoms with E-state index in [1.54, 1.807) is 4.31 Å². The maximum atomic E-state index is 11.6. The van der Waals surface area contributed by atoms with Crippen molar-refractivity contribution >= 4 is 51.6 Å². The standard InChI is InChI=1S/C18H29ClN4O2S.HI/c1-4-20-18(22(2)14-16-5-7-17(19)8-6-16)21-13-15-9-11-23(12-10-15)26(3,24)25;/h5-8,15H,4,9-14H2,1-3H3,(H,20,21);1H. The second-order valence-electron chi connectivity index (χ2n) is 6.78. The summed E-state index contributed by atoms with van der Waals surface area (Å²) in [5.74, 6) is 1.29. The van der Waals surface area contributed by atoms with Crippen LogP contribution in [0.2, 0.25) is 5.02 Å². The lowest BCUT2D eigenvalue weighted by Crippen LogP contribution is -2.40. The molecule has 6 nitrogen and oxygen atoms in total. The predicted octanol–water partition coefficient (Wildman–Crippen LogP) is 3.03. The van der Waals surface area contributed by atoms with E-state index in [0.717, 1.165) is 36.9 Å². The van der Waals surface area contributed by atoms with Crippen LogP contribution in [0.5, 0.6) is 0 Å². The van der Waals surface area contributed by atoms with Crippen molar-refractivity contribution in [2.75, 3.05) is 39.5 Å². The Kier molecular flexibility index (Phi) is 10.4. The van der Waals surface area contributed by atoms with Gasteiger partial charge in [0, 0.05) is 44.8 Å². The molecule has 0 aliphatic carbocycles. The third-order valence-corrected chi connectivity index (χ3v) is 6.13. The molecule has 0 saturated carbocycles. The Hall–Kier alpha value is -0.580. The molecule has 1 heterocycles. The highest BCUT2D eigenvalue weighted by Crippen LogP contribution is 2.19. The van der Waals surface area contributed by atoms with Gasteiger partial charge in [0.1, 0.15) is 0 Å². The number of benzene rings is 1. The number of rotatable bonds is 6. The highest BCUT2D eigenvalue weighted by atomic mass is 127. The van der Waals surface area contributed by atoms with Gasteiger partial charge >= 0.3 is 0 Å². The zero-order valence-electron chi connectivity index (χ0n) is 16.2. The van der Waals surface area contributed by atoms with Gasteiger partial charge < -0.3 is 10.2 Å². The third kappa shape index (κ3) is 8.13. The molecule has 1 aliphatic rings. The van der Waals surface area contributed by atoms with E-state index < -0.39 is 10.0 Å². The Bertz CT molecular complexity index is 705. The Labute approximate surface area is 185 Å². The molecule has 0 aromatic heterocycles. The molecule has 9 heteroatoms. The molecular weight excluding hydrogens is 499 g/mol. The Morgan fingerprint density at radius 2 is 1.89 bits per heavy atom. The fraction of sp³-hybridized carbons (Fsp3) is 0.611. The number of sulfonamides is 1. The summed E-state index contributed by atoms with van der Waals surface area (Å²) in [6, 6.07) is 7.82. The van der Waals surface area contributed by atoms with Crippen molar-refractivity contribution in [3.8, 4) is 0 Å². The molecule has 0 radical (unpaired) electrons. The van der Waals surface area contributed by atoms with E-state index >= 15 is 0 Å². The summed E-state index contributed by atoms with van der Waals surface area (Å²) in [7, 11) is -1.06. The third-order valence-electron chi connectivity index (χ3n) is 4.57. The van der Waals surface area contributed by atoms with E-state index in [9.17, 15) is 8.42 Å². The number of hydrogen-bond acceptors (Lipinski definition) is 3. The lowest BCUT2D eigenvalue weighted by molar-refractivity contribution is 0.279. The first kappa shape index (κ1) is 24.5. The molecule has 0 bridgehead atoms. The first-order valence-corrected chi connectivity index (χ1v) is 11.2. The van der Waals surface area contributed by atoms with Gasteiger partial charge in [-0.15, -0.1) is 24.0 Å². The van der Waals surface area contributed by atoms with Gasteiger partial charge in [-0.05, 0) is 43.4 Å². The average Bonchev–Trinajstić information content (AvgIpc) is 2.60. The van der Waals surface area contributed by atoms with Crippen LogP contribution in [0.4, 0.5) is 0 Å². The summed E-state index contributed by atoms with van der Waals surface area (Å²) >= 11 is 5.94. The molecule has 1 N–H and O–H groups in total. The summed E-state index contributed by atoms with van der Waals surface area (Å²) in [5, 5.41) is 4.06. The zero-order chi connectivity index (χ0) is 19.2. The first-order valence-electron chi connectivity index (χ1n) is 8.98. The zero-order valence-corrected chi connectivity index (χ0v) is 20.1. The number of nitrogens with zero attached hydrogens (tertiary/aromatic N) is 3. The SMILES string of the molecule is CCNC(=NCC1CCN(S(C)(=O)=O)CC1)N(C)Cc1ccc(Cl)cc1.I. The van der Waals surface area contributed by atoms with Crippen molar-refractivity contribution in [1.82, 2.24) is 14.5 Å². The topological polar surface area (TPSA) is 65.0 Å². The average molecular weight is 529 g/mol. The van der Waals surface area contributed by atoms with Crippen LogP contribution in [0.15, 0.2) is 29.3 Å². The van der Waals surface area contributed by atoms with Gasteiger partial charge in [0.15, 0.2) is 5.96 Å². The van der Waals surface area contributed by atoms with Crippen LogP contribution in [0.3, 0.4) is 0 Å². The predicted molar refractivity (Wildman–Crippen MR) is 123 cm³/mol. The molecule has 2 rings (SSSR count). The summed E-state index contributed by atoms with van der Waals surface area (Å²) < 4.78 is 24.8. The van der Waals surface area contributed by atoms with Crippen LogP contribution in [-0.2, 0) is 16.6 Å². The molecule has 1 aliphatic heterocycles. The molecule has 0 atom stereocenters. The Morgan fingerprint density at radius 1 is 1.30 bits per heavy atom. The van der Waals surface area contributed by atoms with Gasteiger partial charge in [0.05, 0.1) is 6.26 Å². The van der Waals surface area contributed by atoms with Crippen molar-refractivity contribution in [3.05, 3.63) is 34.9 Å². The molecule has 1 aromatic carbocycles. The number of aliphatic imine (C=N–C) groups is 1. The number of hydrogen-bond donors (Lipinski definition) is 1. The minimum absolute atomic E-state index is 0. The van der Waals surface area contributed by atoms with Crippen molar-refractivity contribution in [1.29, 1.82) is 0 Å². The quantitative estimate of drug-likeness (QED) is 0.350.